The topological polar surface area (TPSA) is 35.2 Å². The van der Waals surface area contributed by atoms with Gasteiger partial charge in [-0.1, -0.05) is 5.57 Å². The number of hydrogen-bond donors (Lipinski definition) is 1. The summed E-state index contributed by atoms with van der Waals surface area (Å²) in [6, 6.07) is 0.182. The molecule has 0 amide bonds. The van der Waals surface area contributed by atoms with Crippen molar-refractivity contribution < 1.29 is 4.74 Å². The predicted octanol–water partition coefficient (Wildman–Crippen LogP) is 2.87. The molecule has 2 nitrogen and oxygen atoms in total. The third-order valence-electron chi connectivity index (χ3n) is 1.97. The highest BCUT2D eigenvalue weighted by Gasteiger charge is 2.22. The van der Waals surface area contributed by atoms with Gasteiger partial charge in [0.1, 0.15) is 0 Å². The van der Waals surface area contributed by atoms with Crippen LogP contribution in [0.5, 0.6) is 0 Å². The minimum absolute atomic E-state index is 0.136. The van der Waals surface area contributed by atoms with Crippen molar-refractivity contribution in [3.63, 3.8) is 0 Å². The van der Waals surface area contributed by atoms with Crippen LogP contribution in [0.15, 0.2) is 12.2 Å². The molecular formula is C12H25NO. The van der Waals surface area contributed by atoms with Crippen LogP contribution in [-0.4, -0.2) is 17.7 Å². The monoisotopic (exact) mass is 199 g/mol. The van der Waals surface area contributed by atoms with Crippen molar-refractivity contribution in [2.45, 2.75) is 65.2 Å². The molecule has 0 aliphatic rings. The van der Waals surface area contributed by atoms with Gasteiger partial charge < -0.3 is 10.5 Å². The van der Waals surface area contributed by atoms with E-state index in [0.29, 0.717) is 0 Å². The van der Waals surface area contributed by atoms with Crippen LogP contribution in [0, 0.1) is 0 Å². The highest BCUT2D eigenvalue weighted by Crippen LogP contribution is 2.20. The van der Waals surface area contributed by atoms with Crippen molar-refractivity contribution in [1.29, 1.82) is 0 Å². The van der Waals surface area contributed by atoms with E-state index >= 15 is 0 Å². The van der Waals surface area contributed by atoms with Crippen molar-refractivity contribution in [1.82, 2.24) is 0 Å². The molecule has 2 atom stereocenters. The van der Waals surface area contributed by atoms with Gasteiger partial charge in [0, 0.05) is 6.04 Å². The maximum absolute atomic E-state index is 5.92. The molecule has 2 unspecified atom stereocenters. The second-order valence-corrected chi connectivity index (χ2v) is 5.03. The quantitative estimate of drug-likeness (QED) is 0.668. The van der Waals surface area contributed by atoms with E-state index in [1.807, 2.05) is 13.8 Å². The molecule has 0 aromatic rings. The Morgan fingerprint density at radius 1 is 1.43 bits per heavy atom. The first-order chi connectivity index (χ1) is 6.23. The Labute approximate surface area is 88.5 Å². The van der Waals surface area contributed by atoms with Gasteiger partial charge >= 0.3 is 0 Å². The van der Waals surface area contributed by atoms with E-state index in [1.165, 1.54) is 0 Å². The van der Waals surface area contributed by atoms with Gasteiger partial charge in [-0.25, -0.2) is 0 Å². The second-order valence-electron chi connectivity index (χ2n) is 5.03. The second kappa shape index (κ2) is 5.52. The Balaban J connectivity index is 4.00. The van der Waals surface area contributed by atoms with Gasteiger partial charge in [-0.15, -0.1) is 6.58 Å². The van der Waals surface area contributed by atoms with Gasteiger partial charge in [0.15, 0.2) is 0 Å². The van der Waals surface area contributed by atoms with Gasteiger partial charge in [0.05, 0.1) is 11.7 Å². The van der Waals surface area contributed by atoms with E-state index < -0.39 is 0 Å². The van der Waals surface area contributed by atoms with Gasteiger partial charge in [0.2, 0.25) is 0 Å². The fourth-order valence-electron chi connectivity index (χ4n) is 1.90. The van der Waals surface area contributed by atoms with Gasteiger partial charge in [-0.2, -0.15) is 0 Å². The summed E-state index contributed by atoms with van der Waals surface area (Å²) in [6.07, 6.45) is 2.02. The lowest BCUT2D eigenvalue weighted by Gasteiger charge is -2.30. The molecule has 0 aromatic heterocycles. The molecule has 0 fully saturated rings. The maximum Gasteiger partial charge on any atom is 0.0644 e. The Morgan fingerprint density at radius 2 is 1.93 bits per heavy atom. The van der Waals surface area contributed by atoms with Crippen molar-refractivity contribution in [3.05, 3.63) is 12.2 Å². The summed E-state index contributed by atoms with van der Waals surface area (Å²) in [5.74, 6) is 0. The highest BCUT2D eigenvalue weighted by atomic mass is 16.5. The zero-order valence-corrected chi connectivity index (χ0v) is 10.3. The van der Waals surface area contributed by atoms with Crippen LogP contribution < -0.4 is 5.73 Å². The first-order valence-electron chi connectivity index (χ1n) is 5.31. The molecule has 14 heavy (non-hydrogen) atoms. The van der Waals surface area contributed by atoms with Crippen LogP contribution in [0.25, 0.3) is 0 Å². The molecule has 84 valence electrons. The Bertz CT molecular complexity index is 185. The Morgan fingerprint density at radius 3 is 2.29 bits per heavy atom. The van der Waals surface area contributed by atoms with Crippen molar-refractivity contribution in [2.24, 2.45) is 5.73 Å². The zero-order chi connectivity index (χ0) is 11.4. The number of nitrogens with two attached hydrogens (primary N) is 1. The van der Waals surface area contributed by atoms with E-state index in [-0.39, 0.29) is 17.7 Å². The number of rotatable bonds is 6. The molecule has 0 radical (unpaired) electrons. The summed E-state index contributed by atoms with van der Waals surface area (Å²) >= 11 is 0. The summed E-state index contributed by atoms with van der Waals surface area (Å²) in [5.41, 5.74) is 6.78. The maximum atomic E-state index is 5.92. The molecule has 0 aromatic carbocycles. The first kappa shape index (κ1) is 13.7. The third-order valence-corrected chi connectivity index (χ3v) is 1.97. The molecule has 2 N–H and O–H groups in total. The average molecular weight is 199 g/mol. The summed E-state index contributed by atoms with van der Waals surface area (Å²) in [7, 11) is 0. The van der Waals surface area contributed by atoms with E-state index in [0.717, 1.165) is 18.4 Å². The lowest BCUT2D eigenvalue weighted by atomic mass is 9.99. The molecule has 0 heterocycles. The van der Waals surface area contributed by atoms with E-state index in [2.05, 4.69) is 27.4 Å². The van der Waals surface area contributed by atoms with E-state index in [9.17, 15) is 0 Å². The third kappa shape index (κ3) is 7.10. The van der Waals surface area contributed by atoms with Gasteiger partial charge in [-0.05, 0) is 47.5 Å². The molecule has 0 aliphatic heterocycles. The van der Waals surface area contributed by atoms with Gasteiger partial charge in [-0.3, -0.25) is 0 Å². The minimum Gasteiger partial charge on any atom is -0.372 e. The number of ether oxygens (including phenoxy) is 1. The lowest BCUT2D eigenvalue weighted by Crippen LogP contribution is -2.35. The van der Waals surface area contributed by atoms with Crippen LogP contribution in [-0.2, 0) is 4.74 Å². The van der Waals surface area contributed by atoms with Crippen LogP contribution in [0.2, 0.25) is 0 Å². The van der Waals surface area contributed by atoms with Crippen molar-refractivity contribution in [2.75, 3.05) is 0 Å². The van der Waals surface area contributed by atoms with E-state index in [1.54, 1.807) is 0 Å². The summed E-state index contributed by atoms with van der Waals surface area (Å²) < 4.78 is 5.92. The van der Waals surface area contributed by atoms with Crippen LogP contribution in [0.1, 0.15) is 47.5 Å². The molecule has 0 bridgehead atoms. The summed E-state index contributed by atoms with van der Waals surface area (Å²) in [6.45, 7) is 14.2. The summed E-state index contributed by atoms with van der Waals surface area (Å²) in [5, 5.41) is 0. The normalized spacial score (nSPS) is 16.4. The van der Waals surface area contributed by atoms with E-state index in [4.69, 9.17) is 10.5 Å². The molecule has 0 aliphatic carbocycles. The average Bonchev–Trinajstić information content (AvgIpc) is 1.77. The summed E-state index contributed by atoms with van der Waals surface area (Å²) in [4.78, 5) is 0. The smallest absolute Gasteiger partial charge is 0.0644 e. The zero-order valence-electron chi connectivity index (χ0n) is 10.3. The first-order valence-corrected chi connectivity index (χ1v) is 5.31. The van der Waals surface area contributed by atoms with Gasteiger partial charge in [0.25, 0.3) is 0 Å². The fraction of sp³-hybridized carbons (Fsp3) is 0.833. The Hall–Kier alpha value is -0.340. The Kier molecular flexibility index (Phi) is 5.38. The van der Waals surface area contributed by atoms with Crippen molar-refractivity contribution in [3.8, 4) is 0 Å². The standard InChI is InChI=1S/C12H25NO/c1-9(2)7-11(4)14-12(5,6)8-10(3)13/h10-11H,1,7-8,13H2,2-6H3. The fourth-order valence-corrected chi connectivity index (χ4v) is 1.90. The molecule has 0 spiro atoms. The highest BCUT2D eigenvalue weighted by molar-refractivity contribution is 4.90. The molecule has 0 rings (SSSR count). The molecule has 0 saturated heterocycles. The van der Waals surface area contributed by atoms with Crippen LogP contribution >= 0.6 is 0 Å². The number of hydrogen-bond acceptors (Lipinski definition) is 2. The van der Waals surface area contributed by atoms with Crippen LogP contribution in [0.3, 0.4) is 0 Å². The largest absolute Gasteiger partial charge is 0.372 e. The molecule has 0 saturated carbocycles. The molecular weight excluding hydrogens is 174 g/mol. The SMILES string of the molecule is C=C(C)CC(C)OC(C)(C)CC(C)N. The van der Waals surface area contributed by atoms with Crippen molar-refractivity contribution >= 4 is 0 Å². The lowest BCUT2D eigenvalue weighted by molar-refractivity contribution is -0.0698. The van der Waals surface area contributed by atoms with Crippen LogP contribution in [0.4, 0.5) is 0 Å². The minimum atomic E-state index is -0.136. The molecule has 2 heteroatoms. The predicted molar refractivity (Wildman–Crippen MR) is 62.3 cm³/mol.